The molecule has 0 aliphatic rings. The summed E-state index contributed by atoms with van der Waals surface area (Å²) in [7, 11) is 0. The smallest absolute Gasteiger partial charge is 0.0115 e. The highest BCUT2D eigenvalue weighted by molar-refractivity contribution is 7.09. The molecule has 2 atom stereocenters. The fourth-order valence-corrected chi connectivity index (χ4v) is 2.38. The van der Waals surface area contributed by atoms with Gasteiger partial charge in [-0.25, -0.2) is 0 Å². The quantitative estimate of drug-likeness (QED) is 0.816. The molecule has 0 spiro atoms. The molecule has 1 N–H and O–H groups in total. The van der Waals surface area contributed by atoms with Crippen molar-refractivity contribution >= 4 is 11.3 Å². The zero-order valence-corrected chi connectivity index (χ0v) is 12.0. The van der Waals surface area contributed by atoms with E-state index in [1.807, 2.05) is 11.3 Å². The Morgan fingerprint density at radius 3 is 2.50 bits per heavy atom. The molecule has 0 saturated heterocycles. The van der Waals surface area contributed by atoms with E-state index in [0.717, 1.165) is 6.42 Å². The fourth-order valence-electron chi connectivity index (χ4n) is 1.60. The van der Waals surface area contributed by atoms with Gasteiger partial charge in [-0.15, -0.1) is 11.3 Å². The summed E-state index contributed by atoms with van der Waals surface area (Å²) in [5, 5.41) is 5.91. The van der Waals surface area contributed by atoms with Gasteiger partial charge in [0, 0.05) is 17.0 Å². The minimum Gasteiger partial charge on any atom is -0.311 e. The van der Waals surface area contributed by atoms with E-state index in [4.69, 9.17) is 0 Å². The Bertz CT molecular complexity index is 284. The van der Waals surface area contributed by atoms with E-state index in [0.29, 0.717) is 17.5 Å². The lowest BCUT2D eigenvalue weighted by atomic mass is 9.87. The Labute approximate surface area is 104 Å². The predicted octanol–water partition coefficient (Wildman–Crippen LogP) is 4.09. The highest BCUT2D eigenvalue weighted by atomic mass is 32.1. The summed E-state index contributed by atoms with van der Waals surface area (Å²) in [5.74, 6) is 0. The maximum atomic E-state index is 3.75. The largest absolute Gasteiger partial charge is 0.311 e. The van der Waals surface area contributed by atoms with Crippen molar-refractivity contribution in [3.8, 4) is 0 Å². The van der Waals surface area contributed by atoms with Crippen molar-refractivity contribution in [3.63, 3.8) is 0 Å². The van der Waals surface area contributed by atoms with Crippen molar-refractivity contribution in [2.45, 2.75) is 59.5 Å². The lowest BCUT2D eigenvalue weighted by Crippen LogP contribution is -2.44. The highest BCUT2D eigenvalue weighted by Crippen LogP contribution is 2.20. The second-order valence-corrected chi connectivity index (χ2v) is 6.68. The molecule has 92 valence electrons. The Morgan fingerprint density at radius 1 is 1.38 bits per heavy atom. The first-order valence-corrected chi connectivity index (χ1v) is 7.10. The van der Waals surface area contributed by atoms with Crippen LogP contribution in [0.4, 0.5) is 0 Å². The van der Waals surface area contributed by atoms with Gasteiger partial charge in [0.2, 0.25) is 0 Å². The van der Waals surface area contributed by atoms with Crippen LogP contribution in [-0.2, 0) is 6.42 Å². The van der Waals surface area contributed by atoms with Crippen molar-refractivity contribution in [1.82, 2.24) is 5.32 Å². The zero-order chi connectivity index (χ0) is 12.2. The molecule has 1 aromatic heterocycles. The van der Waals surface area contributed by atoms with Crippen LogP contribution in [0.3, 0.4) is 0 Å². The van der Waals surface area contributed by atoms with E-state index in [1.165, 1.54) is 11.3 Å². The van der Waals surface area contributed by atoms with Gasteiger partial charge < -0.3 is 5.32 Å². The first-order valence-electron chi connectivity index (χ1n) is 6.22. The van der Waals surface area contributed by atoms with Crippen LogP contribution in [0.25, 0.3) is 0 Å². The lowest BCUT2D eigenvalue weighted by Gasteiger charge is -2.32. The predicted molar refractivity (Wildman–Crippen MR) is 74.2 cm³/mol. The minimum absolute atomic E-state index is 0.336. The molecule has 0 saturated carbocycles. The minimum atomic E-state index is 0.336. The van der Waals surface area contributed by atoms with Crippen LogP contribution in [-0.4, -0.2) is 12.1 Å². The summed E-state index contributed by atoms with van der Waals surface area (Å²) in [6, 6.07) is 5.53. The van der Waals surface area contributed by atoms with E-state index in [9.17, 15) is 0 Å². The molecule has 2 heteroatoms. The molecule has 0 radical (unpaired) electrons. The van der Waals surface area contributed by atoms with Crippen LogP contribution in [0.1, 0.15) is 45.9 Å². The van der Waals surface area contributed by atoms with Gasteiger partial charge in [-0.1, -0.05) is 33.8 Å². The molecule has 2 unspecified atom stereocenters. The van der Waals surface area contributed by atoms with Gasteiger partial charge in [0.15, 0.2) is 0 Å². The van der Waals surface area contributed by atoms with Crippen molar-refractivity contribution in [2.75, 3.05) is 0 Å². The standard InChI is InChI=1S/C14H25NS/c1-6-12(10-13-8-7-9-16-13)15-11(2)14(3,4)5/h7-9,11-12,15H,6,10H2,1-5H3. The van der Waals surface area contributed by atoms with E-state index < -0.39 is 0 Å². The molecule has 1 aromatic rings. The second-order valence-electron chi connectivity index (χ2n) is 5.64. The van der Waals surface area contributed by atoms with Crippen molar-refractivity contribution in [2.24, 2.45) is 5.41 Å². The van der Waals surface area contributed by atoms with Crippen LogP contribution in [0.5, 0.6) is 0 Å². The summed E-state index contributed by atoms with van der Waals surface area (Å²) in [6.45, 7) is 11.4. The van der Waals surface area contributed by atoms with Gasteiger partial charge >= 0.3 is 0 Å². The fraction of sp³-hybridized carbons (Fsp3) is 0.714. The Kier molecular flexibility index (Phi) is 5.00. The number of nitrogens with one attached hydrogen (secondary N) is 1. The Hall–Kier alpha value is -0.340. The number of rotatable bonds is 5. The van der Waals surface area contributed by atoms with Crippen LogP contribution < -0.4 is 5.32 Å². The summed E-state index contributed by atoms with van der Waals surface area (Å²) < 4.78 is 0. The molecule has 0 aromatic carbocycles. The maximum Gasteiger partial charge on any atom is 0.0115 e. The normalized spacial score (nSPS) is 16.1. The van der Waals surface area contributed by atoms with Crippen LogP contribution in [0.2, 0.25) is 0 Å². The number of hydrogen-bond acceptors (Lipinski definition) is 2. The maximum absolute atomic E-state index is 3.75. The van der Waals surface area contributed by atoms with Gasteiger partial charge in [0.1, 0.15) is 0 Å². The topological polar surface area (TPSA) is 12.0 Å². The molecular weight excluding hydrogens is 214 g/mol. The Morgan fingerprint density at radius 2 is 2.06 bits per heavy atom. The zero-order valence-electron chi connectivity index (χ0n) is 11.2. The number of hydrogen-bond donors (Lipinski definition) is 1. The average molecular weight is 239 g/mol. The summed E-state index contributed by atoms with van der Waals surface area (Å²) in [5.41, 5.74) is 0.336. The summed E-state index contributed by atoms with van der Waals surface area (Å²) in [4.78, 5) is 1.49. The SMILES string of the molecule is CCC(Cc1cccs1)NC(C)C(C)(C)C. The van der Waals surface area contributed by atoms with Gasteiger partial charge in [-0.3, -0.25) is 0 Å². The third kappa shape index (κ3) is 4.26. The molecule has 1 rings (SSSR count). The Balaban J connectivity index is 2.49. The van der Waals surface area contributed by atoms with E-state index >= 15 is 0 Å². The van der Waals surface area contributed by atoms with E-state index in [1.54, 1.807) is 0 Å². The molecule has 1 heterocycles. The van der Waals surface area contributed by atoms with Crippen molar-refractivity contribution < 1.29 is 0 Å². The summed E-state index contributed by atoms with van der Waals surface area (Å²) in [6.07, 6.45) is 2.35. The van der Waals surface area contributed by atoms with E-state index in [-0.39, 0.29) is 0 Å². The van der Waals surface area contributed by atoms with Crippen molar-refractivity contribution in [3.05, 3.63) is 22.4 Å². The van der Waals surface area contributed by atoms with Gasteiger partial charge in [-0.05, 0) is 36.6 Å². The van der Waals surface area contributed by atoms with Crippen LogP contribution in [0, 0.1) is 5.41 Å². The molecule has 0 aliphatic carbocycles. The van der Waals surface area contributed by atoms with Gasteiger partial charge in [-0.2, -0.15) is 0 Å². The molecular formula is C14H25NS. The molecule has 0 aliphatic heterocycles. The van der Waals surface area contributed by atoms with Crippen LogP contribution in [0.15, 0.2) is 17.5 Å². The first kappa shape index (κ1) is 13.7. The van der Waals surface area contributed by atoms with Gasteiger partial charge in [0.25, 0.3) is 0 Å². The first-order chi connectivity index (χ1) is 7.43. The van der Waals surface area contributed by atoms with Crippen LogP contribution >= 0.6 is 11.3 Å². The lowest BCUT2D eigenvalue weighted by molar-refractivity contribution is 0.259. The van der Waals surface area contributed by atoms with Gasteiger partial charge in [0.05, 0.1) is 0 Å². The molecule has 16 heavy (non-hydrogen) atoms. The van der Waals surface area contributed by atoms with Crippen molar-refractivity contribution in [1.29, 1.82) is 0 Å². The number of thiophene rings is 1. The molecule has 0 amide bonds. The third-order valence-electron chi connectivity index (χ3n) is 3.31. The molecule has 1 nitrogen and oxygen atoms in total. The molecule has 0 fully saturated rings. The monoisotopic (exact) mass is 239 g/mol. The third-order valence-corrected chi connectivity index (χ3v) is 4.20. The summed E-state index contributed by atoms with van der Waals surface area (Å²) >= 11 is 1.86. The second kappa shape index (κ2) is 5.83. The molecule has 0 bridgehead atoms. The van der Waals surface area contributed by atoms with E-state index in [2.05, 4.69) is 57.4 Å². The average Bonchev–Trinajstić information content (AvgIpc) is 2.67. The highest BCUT2D eigenvalue weighted by Gasteiger charge is 2.22.